The van der Waals surface area contributed by atoms with Crippen LogP contribution in [0.3, 0.4) is 0 Å². The molecule has 13 heavy (non-hydrogen) atoms. The Hall–Kier alpha value is -0.520. The summed E-state index contributed by atoms with van der Waals surface area (Å²) in [5, 5.41) is 0. The molecular formula is C13H20. The lowest BCUT2D eigenvalue weighted by atomic mass is 9.69. The molecule has 2 aliphatic carbocycles. The molecule has 1 unspecified atom stereocenters. The van der Waals surface area contributed by atoms with Crippen molar-refractivity contribution in [2.24, 2.45) is 17.8 Å². The molecule has 0 radical (unpaired) electrons. The van der Waals surface area contributed by atoms with Crippen LogP contribution >= 0.6 is 0 Å². The molecule has 0 heteroatoms. The van der Waals surface area contributed by atoms with Crippen LogP contribution < -0.4 is 0 Å². The van der Waals surface area contributed by atoms with Gasteiger partial charge in [-0.1, -0.05) is 38.5 Å². The van der Waals surface area contributed by atoms with Gasteiger partial charge in [0.15, 0.2) is 0 Å². The Balaban J connectivity index is 2.25. The van der Waals surface area contributed by atoms with E-state index in [1.54, 1.807) is 5.57 Å². The van der Waals surface area contributed by atoms with E-state index in [1.807, 2.05) is 0 Å². The number of hydrogen-bond donors (Lipinski definition) is 0. The van der Waals surface area contributed by atoms with Crippen LogP contribution in [0.15, 0.2) is 23.8 Å². The van der Waals surface area contributed by atoms with Crippen molar-refractivity contribution < 1.29 is 0 Å². The van der Waals surface area contributed by atoms with Gasteiger partial charge in [0, 0.05) is 0 Å². The fraction of sp³-hybridized carbons (Fsp3) is 0.692. The largest absolute Gasteiger partial charge is 0.0811 e. The van der Waals surface area contributed by atoms with Crippen LogP contribution in [0.2, 0.25) is 0 Å². The molecule has 0 N–H and O–H groups in total. The van der Waals surface area contributed by atoms with Gasteiger partial charge in [-0.25, -0.2) is 0 Å². The zero-order valence-corrected chi connectivity index (χ0v) is 8.79. The van der Waals surface area contributed by atoms with Gasteiger partial charge in [-0.05, 0) is 42.6 Å². The molecule has 2 aliphatic rings. The van der Waals surface area contributed by atoms with Gasteiger partial charge < -0.3 is 0 Å². The van der Waals surface area contributed by atoms with Crippen molar-refractivity contribution in [1.29, 1.82) is 0 Å². The van der Waals surface area contributed by atoms with Gasteiger partial charge in [0.05, 0.1) is 0 Å². The van der Waals surface area contributed by atoms with E-state index in [1.165, 1.54) is 25.7 Å². The lowest BCUT2D eigenvalue weighted by Gasteiger charge is -2.36. The Bertz CT molecular complexity index is 234. The predicted octanol–water partition coefficient (Wildman–Crippen LogP) is 3.95. The fourth-order valence-corrected chi connectivity index (χ4v) is 3.01. The second-order valence-electron chi connectivity index (χ2n) is 4.53. The maximum absolute atomic E-state index is 2.46. The SMILES string of the molecule is CC[C@H]1C(C)C=CC2=CCCC[C@@H]21. The van der Waals surface area contributed by atoms with Gasteiger partial charge in [0.2, 0.25) is 0 Å². The van der Waals surface area contributed by atoms with Crippen LogP contribution in [0.4, 0.5) is 0 Å². The number of allylic oxidation sites excluding steroid dienone is 4. The van der Waals surface area contributed by atoms with E-state index in [4.69, 9.17) is 0 Å². The summed E-state index contributed by atoms with van der Waals surface area (Å²) in [7, 11) is 0. The summed E-state index contributed by atoms with van der Waals surface area (Å²) in [6.45, 7) is 4.71. The van der Waals surface area contributed by atoms with E-state index in [-0.39, 0.29) is 0 Å². The van der Waals surface area contributed by atoms with E-state index in [9.17, 15) is 0 Å². The number of fused-ring (bicyclic) bond motifs is 1. The second-order valence-corrected chi connectivity index (χ2v) is 4.53. The van der Waals surface area contributed by atoms with Gasteiger partial charge in [0.1, 0.15) is 0 Å². The van der Waals surface area contributed by atoms with E-state index in [2.05, 4.69) is 32.1 Å². The third-order valence-corrected chi connectivity index (χ3v) is 3.78. The van der Waals surface area contributed by atoms with E-state index < -0.39 is 0 Å². The highest BCUT2D eigenvalue weighted by Crippen LogP contribution is 2.41. The van der Waals surface area contributed by atoms with Crippen LogP contribution in [0.5, 0.6) is 0 Å². The van der Waals surface area contributed by atoms with Crippen molar-refractivity contribution in [3.63, 3.8) is 0 Å². The van der Waals surface area contributed by atoms with Crippen LogP contribution in [0, 0.1) is 17.8 Å². The Morgan fingerprint density at radius 2 is 2.31 bits per heavy atom. The molecule has 0 aromatic rings. The minimum atomic E-state index is 0.797. The molecule has 0 spiro atoms. The van der Waals surface area contributed by atoms with E-state index in [0.717, 1.165) is 17.8 Å². The Kier molecular flexibility index (Phi) is 2.57. The molecule has 0 aliphatic heterocycles. The first-order valence-corrected chi connectivity index (χ1v) is 5.71. The normalized spacial score (nSPS) is 38.3. The summed E-state index contributed by atoms with van der Waals surface area (Å²) in [5.74, 6) is 2.60. The lowest BCUT2D eigenvalue weighted by molar-refractivity contribution is 0.268. The van der Waals surface area contributed by atoms with Crippen LogP contribution in [-0.2, 0) is 0 Å². The molecule has 0 heterocycles. The average molecular weight is 176 g/mol. The lowest BCUT2D eigenvalue weighted by Crippen LogP contribution is -2.26. The first-order valence-electron chi connectivity index (χ1n) is 5.71. The molecule has 0 fully saturated rings. The minimum absolute atomic E-state index is 0.797. The number of hydrogen-bond acceptors (Lipinski definition) is 0. The number of rotatable bonds is 1. The summed E-state index contributed by atoms with van der Waals surface area (Å²) < 4.78 is 0. The first-order chi connectivity index (χ1) is 6.33. The quantitative estimate of drug-likeness (QED) is 0.567. The highest BCUT2D eigenvalue weighted by atomic mass is 14.3. The predicted molar refractivity (Wildman–Crippen MR) is 57.5 cm³/mol. The van der Waals surface area contributed by atoms with Gasteiger partial charge >= 0.3 is 0 Å². The van der Waals surface area contributed by atoms with Crippen LogP contribution in [0.1, 0.15) is 39.5 Å². The van der Waals surface area contributed by atoms with Crippen molar-refractivity contribution in [3.05, 3.63) is 23.8 Å². The topological polar surface area (TPSA) is 0 Å². The fourth-order valence-electron chi connectivity index (χ4n) is 3.01. The van der Waals surface area contributed by atoms with Crippen molar-refractivity contribution >= 4 is 0 Å². The van der Waals surface area contributed by atoms with Crippen molar-refractivity contribution in [2.75, 3.05) is 0 Å². The van der Waals surface area contributed by atoms with Gasteiger partial charge in [-0.15, -0.1) is 0 Å². The summed E-state index contributed by atoms with van der Waals surface area (Å²) in [4.78, 5) is 0. The molecule has 0 amide bonds. The summed E-state index contributed by atoms with van der Waals surface area (Å²) in [5.41, 5.74) is 1.64. The van der Waals surface area contributed by atoms with Crippen molar-refractivity contribution in [2.45, 2.75) is 39.5 Å². The van der Waals surface area contributed by atoms with Crippen LogP contribution in [0.25, 0.3) is 0 Å². The molecule has 3 atom stereocenters. The highest BCUT2D eigenvalue weighted by Gasteiger charge is 2.30. The van der Waals surface area contributed by atoms with Gasteiger partial charge in [-0.2, -0.15) is 0 Å². The van der Waals surface area contributed by atoms with E-state index in [0.29, 0.717) is 0 Å². The van der Waals surface area contributed by atoms with Crippen LogP contribution in [-0.4, -0.2) is 0 Å². The zero-order chi connectivity index (χ0) is 9.26. The zero-order valence-electron chi connectivity index (χ0n) is 8.79. The summed E-state index contributed by atoms with van der Waals surface area (Å²) in [6.07, 6.45) is 12.7. The summed E-state index contributed by atoms with van der Waals surface area (Å²) >= 11 is 0. The summed E-state index contributed by atoms with van der Waals surface area (Å²) in [6, 6.07) is 0. The first kappa shape index (κ1) is 9.05. The highest BCUT2D eigenvalue weighted by molar-refractivity contribution is 5.28. The Labute approximate surface area is 81.7 Å². The third-order valence-electron chi connectivity index (χ3n) is 3.78. The monoisotopic (exact) mass is 176 g/mol. The third kappa shape index (κ3) is 1.59. The molecule has 0 bridgehead atoms. The maximum atomic E-state index is 2.46. The minimum Gasteiger partial charge on any atom is -0.0811 e. The molecule has 0 nitrogen and oxygen atoms in total. The van der Waals surface area contributed by atoms with E-state index >= 15 is 0 Å². The standard InChI is InChI=1S/C13H20/c1-3-12-10(2)8-9-11-6-4-5-7-13(11)12/h6,8-10,12-13H,3-5,7H2,1-2H3/t10?,12-,13-/m0/s1. The smallest absolute Gasteiger partial charge is 0.0131 e. The maximum Gasteiger partial charge on any atom is -0.0131 e. The Morgan fingerprint density at radius 3 is 3.08 bits per heavy atom. The molecule has 0 saturated carbocycles. The second kappa shape index (κ2) is 3.69. The van der Waals surface area contributed by atoms with Crippen molar-refractivity contribution in [3.8, 4) is 0 Å². The average Bonchev–Trinajstić information content (AvgIpc) is 2.18. The molecule has 0 aromatic carbocycles. The Morgan fingerprint density at radius 1 is 1.46 bits per heavy atom. The molecule has 2 rings (SSSR count). The molecule has 72 valence electrons. The van der Waals surface area contributed by atoms with Gasteiger partial charge in [0.25, 0.3) is 0 Å². The molecule has 0 saturated heterocycles. The van der Waals surface area contributed by atoms with Crippen molar-refractivity contribution in [1.82, 2.24) is 0 Å². The molecule has 0 aromatic heterocycles. The van der Waals surface area contributed by atoms with Gasteiger partial charge in [-0.3, -0.25) is 0 Å². The molecular weight excluding hydrogens is 156 g/mol.